The Morgan fingerprint density at radius 1 is 1.50 bits per heavy atom. The molecule has 1 rings (SSSR count). The number of rotatable bonds is 3. The molecule has 1 aromatic rings. The van der Waals surface area contributed by atoms with Gasteiger partial charge in [-0.05, 0) is 30.2 Å². The summed E-state index contributed by atoms with van der Waals surface area (Å²) in [5.74, 6) is 0.329. The number of ether oxygens (including phenoxy) is 1. The zero-order chi connectivity index (χ0) is 10.6. The molecule has 0 saturated heterocycles. The molecule has 0 fully saturated rings. The number of benzene rings is 1. The third-order valence-corrected chi connectivity index (χ3v) is 1.71. The Morgan fingerprint density at radius 3 is 2.79 bits per heavy atom. The van der Waals surface area contributed by atoms with Crippen LogP contribution in [0.5, 0.6) is 5.75 Å². The summed E-state index contributed by atoms with van der Waals surface area (Å²) in [5, 5.41) is 8.73. The van der Waals surface area contributed by atoms with E-state index < -0.39 is 6.09 Å². The highest BCUT2D eigenvalue weighted by Gasteiger charge is 2.03. The molecule has 0 aliphatic rings. The van der Waals surface area contributed by atoms with Crippen LogP contribution in [0.15, 0.2) is 18.2 Å². The number of hydrogen-bond donors (Lipinski definition) is 3. The molecule has 14 heavy (non-hydrogen) atoms. The molecule has 0 heterocycles. The van der Waals surface area contributed by atoms with Crippen LogP contribution in [0, 0.1) is 0 Å². The fourth-order valence-corrected chi connectivity index (χ4v) is 1.10. The number of carbonyl (C=O) groups excluding carboxylic acids is 1. The number of aliphatic hydroxyl groups excluding tert-OH is 1. The van der Waals surface area contributed by atoms with E-state index in [0.717, 1.165) is 5.56 Å². The molecular weight excluding hydrogens is 184 g/mol. The second-order valence-corrected chi connectivity index (χ2v) is 2.76. The average molecular weight is 196 g/mol. The molecule has 0 unspecified atom stereocenters. The topological polar surface area (TPSA) is 98.6 Å². The monoisotopic (exact) mass is 196 g/mol. The zero-order valence-electron chi connectivity index (χ0n) is 7.56. The molecule has 5 N–H and O–H groups in total. The molecule has 76 valence electrons. The number of aliphatic hydroxyl groups is 1. The molecule has 0 radical (unpaired) electrons. The SMILES string of the molecule is NC(=O)Oc1ccc(N)c(CCO)c1. The number of primary amides is 1. The third-order valence-electron chi connectivity index (χ3n) is 1.71. The van der Waals surface area contributed by atoms with Gasteiger partial charge >= 0.3 is 6.09 Å². The molecule has 0 bridgehead atoms. The van der Waals surface area contributed by atoms with Gasteiger partial charge < -0.3 is 21.3 Å². The maximum Gasteiger partial charge on any atom is 0.409 e. The molecule has 0 spiro atoms. The van der Waals surface area contributed by atoms with Gasteiger partial charge in [-0.3, -0.25) is 0 Å². The Morgan fingerprint density at radius 2 is 2.21 bits per heavy atom. The zero-order valence-corrected chi connectivity index (χ0v) is 7.56. The minimum Gasteiger partial charge on any atom is -0.410 e. The van der Waals surface area contributed by atoms with E-state index in [9.17, 15) is 4.79 Å². The lowest BCUT2D eigenvalue weighted by molar-refractivity contribution is 0.211. The van der Waals surface area contributed by atoms with Crippen LogP contribution in [0.3, 0.4) is 0 Å². The number of amides is 1. The first-order chi connectivity index (χ1) is 6.63. The van der Waals surface area contributed by atoms with Crippen molar-refractivity contribution in [2.75, 3.05) is 12.3 Å². The van der Waals surface area contributed by atoms with Gasteiger partial charge in [0.05, 0.1) is 0 Å². The minimum atomic E-state index is -0.871. The van der Waals surface area contributed by atoms with Gasteiger partial charge in [-0.15, -0.1) is 0 Å². The van der Waals surface area contributed by atoms with Gasteiger partial charge in [-0.2, -0.15) is 0 Å². The normalized spacial score (nSPS) is 9.79. The van der Waals surface area contributed by atoms with E-state index >= 15 is 0 Å². The van der Waals surface area contributed by atoms with E-state index in [-0.39, 0.29) is 6.61 Å². The summed E-state index contributed by atoms with van der Waals surface area (Å²) < 4.78 is 4.66. The number of nitrogens with two attached hydrogens (primary N) is 2. The van der Waals surface area contributed by atoms with E-state index in [4.69, 9.17) is 16.6 Å². The van der Waals surface area contributed by atoms with E-state index in [0.29, 0.717) is 17.9 Å². The van der Waals surface area contributed by atoms with Crippen LogP contribution in [-0.2, 0) is 6.42 Å². The Hall–Kier alpha value is -1.75. The van der Waals surface area contributed by atoms with E-state index in [2.05, 4.69) is 4.74 Å². The highest BCUT2D eigenvalue weighted by molar-refractivity contribution is 5.68. The summed E-state index contributed by atoms with van der Waals surface area (Å²) in [6.45, 7) is -0.00970. The minimum absolute atomic E-state index is 0.00970. The van der Waals surface area contributed by atoms with Crippen LogP contribution < -0.4 is 16.2 Å². The van der Waals surface area contributed by atoms with Crippen LogP contribution in [-0.4, -0.2) is 17.8 Å². The second-order valence-electron chi connectivity index (χ2n) is 2.76. The number of hydrogen-bond acceptors (Lipinski definition) is 4. The number of carbonyl (C=O) groups is 1. The largest absolute Gasteiger partial charge is 0.410 e. The Labute approximate surface area is 81.3 Å². The molecule has 1 amide bonds. The Balaban J connectivity index is 2.88. The average Bonchev–Trinajstić information content (AvgIpc) is 2.10. The van der Waals surface area contributed by atoms with Gasteiger partial charge in [-0.1, -0.05) is 0 Å². The fraction of sp³-hybridized carbons (Fsp3) is 0.222. The van der Waals surface area contributed by atoms with Gasteiger partial charge in [-0.25, -0.2) is 4.79 Å². The summed E-state index contributed by atoms with van der Waals surface area (Å²) in [7, 11) is 0. The Kier molecular flexibility index (Phi) is 3.30. The van der Waals surface area contributed by atoms with Crippen LogP contribution in [0.25, 0.3) is 0 Å². The molecule has 5 heteroatoms. The van der Waals surface area contributed by atoms with Crippen molar-refractivity contribution in [1.82, 2.24) is 0 Å². The van der Waals surface area contributed by atoms with Gasteiger partial charge in [0, 0.05) is 12.3 Å². The van der Waals surface area contributed by atoms with Crippen molar-refractivity contribution in [2.24, 2.45) is 5.73 Å². The van der Waals surface area contributed by atoms with E-state index in [1.54, 1.807) is 18.2 Å². The first-order valence-corrected chi connectivity index (χ1v) is 4.10. The molecule has 1 aromatic carbocycles. The molecule has 0 atom stereocenters. The third kappa shape index (κ3) is 2.63. The number of anilines is 1. The molecular formula is C9H12N2O3. The van der Waals surface area contributed by atoms with E-state index in [1.165, 1.54) is 0 Å². The lowest BCUT2D eigenvalue weighted by atomic mass is 10.1. The number of nitrogen functional groups attached to an aromatic ring is 1. The van der Waals surface area contributed by atoms with Crippen molar-refractivity contribution in [1.29, 1.82) is 0 Å². The highest BCUT2D eigenvalue weighted by Crippen LogP contribution is 2.19. The summed E-state index contributed by atoms with van der Waals surface area (Å²) in [6.07, 6.45) is -0.452. The summed E-state index contributed by atoms with van der Waals surface area (Å²) >= 11 is 0. The van der Waals surface area contributed by atoms with Crippen molar-refractivity contribution in [3.63, 3.8) is 0 Å². The van der Waals surface area contributed by atoms with Gasteiger partial charge in [0.2, 0.25) is 0 Å². The standard InChI is InChI=1S/C9H12N2O3/c10-8-2-1-7(14-9(11)13)5-6(8)3-4-12/h1-2,5,12H,3-4,10H2,(H2,11,13). The van der Waals surface area contributed by atoms with Crippen molar-refractivity contribution >= 4 is 11.8 Å². The van der Waals surface area contributed by atoms with Crippen LogP contribution >= 0.6 is 0 Å². The molecule has 0 aromatic heterocycles. The van der Waals surface area contributed by atoms with Crippen molar-refractivity contribution in [2.45, 2.75) is 6.42 Å². The first kappa shape index (κ1) is 10.3. The van der Waals surface area contributed by atoms with Crippen molar-refractivity contribution in [3.8, 4) is 5.75 Å². The smallest absolute Gasteiger partial charge is 0.409 e. The van der Waals surface area contributed by atoms with E-state index in [1.807, 2.05) is 0 Å². The van der Waals surface area contributed by atoms with Crippen molar-refractivity contribution in [3.05, 3.63) is 23.8 Å². The van der Waals surface area contributed by atoms with Crippen LogP contribution in [0.4, 0.5) is 10.5 Å². The quantitative estimate of drug-likeness (QED) is 0.604. The molecule has 0 aliphatic heterocycles. The molecule has 0 aliphatic carbocycles. The van der Waals surface area contributed by atoms with Crippen molar-refractivity contribution < 1.29 is 14.6 Å². The highest BCUT2D eigenvalue weighted by atomic mass is 16.5. The summed E-state index contributed by atoms with van der Waals surface area (Å²) in [6, 6.07) is 4.72. The van der Waals surface area contributed by atoms with Gasteiger partial charge in [0.25, 0.3) is 0 Å². The van der Waals surface area contributed by atoms with Crippen LogP contribution in [0.2, 0.25) is 0 Å². The summed E-state index contributed by atoms with van der Waals surface area (Å²) in [5.41, 5.74) is 11.7. The van der Waals surface area contributed by atoms with Crippen LogP contribution in [0.1, 0.15) is 5.56 Å². The lowest BCUT2D eigenvalue weighted by Crippen LogP contribution is -2.16. The first-order valence-electron chi connectivity index (χ1n) is 4.10. The predicted octanol–water partition coefficient (Wildman–Crippen LogP) is 0.261. The molecule has 5 nitrogen and oxygen atoms in total. The maximum atomic E-state index is 10.4. The fourth-order valence-electron chi connectivity index (χ4n) is 1.10. The summed E-state index contributed by atoms with van der Waals surface area (Å²) in [4.78, 5) is 10.4. The lowest BCUT2D eigenvalue weighted by Gasteiger charge is -2.06. The molecule has 0 saturated carbocycles. The van der Waals surface area contributed by atoms with Gasteiger partial charge in [0.1, 0.15) is 5.75 Å². The maximum absolute atomic E-state index is 10.4. The second kappa shape index (κ2) is 4.48. The van der Waals surface area contributed by atoms with Gasteiger partial charge in [0.15, 0.2) is 0 Å². The Bertz CT molecular complexity index is 339. The predicted molar refractivity (Wildman–Crippen MR) is 51.9 cm³/mol.